The zero-order chi connectivity index (χ0) is 17.2. The number of aromatic nitrogens is 1. The Kier molecular flexibility index (Phi) is 7.87. The van der Waals surface area contributed by atoms with Crippen molar-refractivity contribution in [2.75, 3.05) is 18.2 Å². The molecule has 2 aromatic rings. The molecule has 0 fully saturated rings. The van der Waals surface area contributed by atoms with Crippen molar-refractivity contribution < 1.29 is 9.53 Å². The number of thioether (sulfide) groups is 1. The Hall–Kier alpha value is -1.77. The molecule has 1 heterocycles. The number of carbonyl (C=O) groups excluding carboxylic acids is 1. The molecule has 124 valence electrons. The van der Waals surface area contributed by atoms with Gasteiger partial charge >= 0.3 is 5.97 Å². The molecule has 0 bridgehead atoms. The standard InChI is InChI=1S/C19H18BrNO2S/c1-23-19(22)16-7-9-17(21-14-16)8-4-15-5-10-18(11-6-15)24-13-3-2-12-20/h5-7,9-11,14H,2-3,12-13H2,1H3. The molecule has 0 saturated heterocycles. The van der Waals surface area contributed by atoms with Crippen LogP contribution in [0, 0.1) is 11.8 Å². The molecule has 0 aliphatic rings. The maximum Gasteiger partial charge on any atom is 0.339 e. The van der Waals surface area contributed by atoms with Crippen LogP contribution in [0.3, 0.4) is 0 Å². The monoisotopic (exact) mass is 403 g/mol. The first-order chi connectivity index (χ1) is 11.7. The molecule has 24 heavy (non-hydrogen) atoms. The molecule has 0 saturated carbocycles. The van der Waals surface area contributed by atoms with E-state index < -0.39 is 5.97 Å². The van der Waals surface area contributed by atoms with Gasteiger partial charge in [-0.1, -0.05) is 21.9 Å². The first-order valence-corrected chi connectivity index (χ1v) is 9.69. The minimum absolute atomic E-state index is 0.397. The summed E-state index contributed by atoms with van der Waals surface area (Å²) in [6, 6.07) is 11.6. The van der Waals surface area contributed by atoms with Crippen LogP contribution in [0.5, 0.6) is 0 Å². The number of hydrogen-bond donors (Lipinski definition) is 0. The maximum atomic E-state index is 11.3. The Morgan fingerprint density at radius 1 is 1.17 bits per heavy atom. The highest BCUT2D eigenvalue weighted by molar-refractivity contribution is 9.09. The molecule has 2 rings (SSSR count). The van der Waals surface area contributed by atoms with E-state index in [9.17, 15) is 4.79 Å². The molecule has 1 aromatic carbocycles. The van der Waals surface area contributed by atoms with E-state index in [0.29, 0.717) is 11.3 Å². The second-order valence-electron chi connectivity index (χ2n) is 4.94. The van der Waals surface area contributed by atoms with E-state index in [4.69, 9.17) is 0 Å². The van der Waals surface area contributed by atoms with Gasteiger partial charge in [0.15, 0.2) is 0 Å². The number of nitrogens with zero attached hydrogens (tertiary/aromatic N) is 1. The van der Waals surface area contributed by atoms with E-state index in [-0.39, 0.29) is 0 Å². The van der Waals surface area contributed by atoms with Crippen molar-refractivity contribution in [1.29, 1.82) is 0 Å². The molecule has 0 N–H and O–H groups in total. The summed E-state index contributed by atoms with van der Waals surface area (Å²) in [6.07, 6.45) is 3.89. The first kappa shape index (κ1) is 18.6. The molecule has 0 aliphatic carbocycles. The molecule has 5 heteroatoms. The normalized spacial score (nSPS) is 9.92. The van der Waals surface area contributed by atoms with Crippen LogP contribution < -0.4 is 0 Å². The van der Waals surface area contributed by atoms with E-state index in [0.717, 1.165) is 16.6 Å². The predicted molar refractivity (Wildman–Crippen MR) is 102 cm³/mol. The summed E-state index contributed by atoms with van der Waals surface area (Å²) in [5, 5.41) is 1.07. The Labute approximate surface area is 155 Å². The largest absolute Gasteiger partial charge is 0.465 e. The van der Waals surface area contributed by atoms with Crippen molar-refractivity contribution in [3.63, 3.8) is 0 Å². The topological polar surface area (TPSA) is 39.2 Å². The lowest BCUT2D eigenvalue weighted by molar-refractivity contribution is 0.0600. The van der Waals surface area contributed by atoms with Gasteiger partial charge in [0.2, 0.25) is 0 Å². The fraction of sp³-hybridized carbons (Fsp3) is 0.263. The van der Waals surface area contributed by atoms with Crippen LogP contribution in [0.15, 0.2) is 47.5 Å². The Morgan fingerprint density at radius 2 is 1.96 bits per heavy atom. The summed E-state index contributed by atoms with van der Waals surface area (Å²) in [5.41, 5.74) is 1.99. The van der Waals surface area contributed by atoms with Crippen LogP contribution in [0.4, 0.5) is 0 Å². The SMILES string of the molecule is COC(=O)c1ccc(C#Cc2ccc(SCCCCBr)cc2)nc1. The second-order valence-corrected chi connectivity index (χ2v) is 6.90. The van der Waals surface area contributed by atoms with Crippen molar-refractivity contribution in [3.8, 4) is 11.8 Å². The van der Waals surface area contributed by atoms with Gasteiger partial charge in [-0.3, -0.25) is 0 Å². The van der Waals surface area contributed by atoms with E-state index >= 15 is 0 Å². The average Bonchev–Trinajstić information content (AvgIpc) is 2.64. The number of carbonyl (C=O) groups is 1. The number of esters is 1. The lowest BCUT2D eigenvalue weighted by atomic mass is 10.2. The summed E-state index contributed by atoms with van der Waals surface area (Å²) in [4.78, 5) is 16.8. The first-order valence-electron chi connectivity index (χ1n) is 7.58. The number of ether oxygens (including phenoxy) is 1. The third-order valence-corrected chi connectivity index (χ3v) is 4.83. The van der Waals surface area contributed by atoms with Crippen molar-refractivity contribution in [2.24, 2.45) is 0 Å². The molecular formula is C19H18BrNO2S. The Morgan fingerprint density at radius 3 is 2.58 bits per heavy atom. The third kappa shape index (κ3) is 6.03. The fourth-order valence-corrected chi connectivity index (χ4v) is 3.17. The van der Waals surface area contributed by atoms with E-state index in [1.165, 1.54) is 31.0 Å². The number of alkyl halides is 1. The van der Waals surface area contributed by atoms with Crippen LogP contribution in [0.2, 0.25) is 0 Å². The second kappa shape index (κ2) is 10.2. The summed E-state index contributed by atoms with van der Waals surface area (Å²) in [7, 11) is 1.35. The molecular weight excluding hydrogens is 386 g/mol. The predicted octanol–water partition coefficient (Wildman–Crippen LogP) is 4.54. The lowest BCUT2D eigenvalue weighted by Gasteiger charge is -2.00. The van der Waals surface area contributed by atoms with Gasteiger partial charge in [0.05, 0.1) is 12.7 Å². The summed E-state index contributed by atoms with van der Waals surface area (Å²) < 4.78 is 4.64. The van der Waals surface area contributed by atoms with E-state index in [2.05, 4.69) is 49.6 Å². The minimum atomic E-state index is -0.397. The van der Waals surface area contributed by atoms with Crippen molar-refractivity contribution >= 4 is 33.7 Å². The van der Waals surface area contributed by atoms with Gasteiger partial charge in [0, 0.05) is 22.0 Å². The van der Waals surface area contributed by atoms with Crippen LogP contribution in [0.25, 0.3) is 0 Å². The molecule has 3 nitrogen and oxygen atoms in total. The number of hydrogen-bond acceptors (Lipinski definition) is 4. The molecule has 0 atom stereocenters. The maximum absolute atomic E-state index is 11.3. The average molecular weight is 404 g/mol. The van der Waals surface area contributed by atoms with Gasteiger partial charge in [0.1, 0.15) is 5.69 Å². The molecule has 0 unspecified atom stereocenters. The van der Waals surface area contributed by atoms with Gasteiger partial charge in [-0.05, 0) is 60.9 Å². The van der Waals surface area contributed by atoms with Gasteiger partial charge in [-0.15, -0.1) is 11.8 Å². The van der Waals surface area contributed by atoms with Crippen LogP contribution >= 0.6 is 27.7 Å². The smallest absolute Gasteiger partial charge is 0.339 e. The highest BCUT2D eigenvalue weighted by Crippen LogP contribution is 2.19. The molecule has 0 amide bonds. The number of unbranched alkanes of at least 4 members (excludes halogenated alkanes) is 1. The lowest BCUT2D eigenvalue weighted by Crippen LogP contribution is -2.01. The highest BCUT2D eigenvalue weighted by Gasteiger charge is 2.04. The summed E-state index contributed by atoms with van der Waals surface area (Å²) in [6.45, 7) is 0. The Balaban J connectivity index is 1.94. The molecule has 0 radical (unpaired) electrons. The zero-order valence-electron chi connectivity index (χ0n) is 13.4. The Bertz CT molecular complexity index is 718. The summed E-state index contributed by atoms with van der Waals surface area (Å²) >= 11 is 5.31. The number of methoxy groups -OCH3 is 1. The van der Waals surface area contributed by atoms with Crippen molar-refractivity contribution in [1.82, 2.24) is 4.98 Å². The quantitative estimate of drug-likeness (QED) is 0.233. The number of pyridine rings is 1. The highest BCUT2D eigenvalue weighted by atomic mass is 79.9. The van der Waals surface area contributed by atoms with Gasteiger partial charge in [-0.2, -0.15) is 0 Å². The minimum Gasteiger partial charge on any atom is -0.465 e. The number of halogens is 1. The number of rotatable bonds is 6. The van der Waals surface area contributed by atoms with Crippen LogP contribution in [-0.4, -0.2) is 29.1 Å². The molecule has 1 aromatic heterocycles. The fourth-order valence-electron chi connectivity index (χ4n) is 1.86. The zero-order valence-corrected chi connectivity index (χ0v) is 15.8. The van der Waals surface area contributed by atoms with E-state index in [1.54, 1.807) is 12.1 Å². The number of benzene rings is 1. The summed E-state index contributed by atoms with van der Waals surface area (Å²) in [5.74, 6) is 6.82. The van der Waals surface area contributed by atoms with Crippen LogP contribution in [-0.2, 0) is 4.74 Å². The third-order valence-electron chi connectivity index (χ3n) is 3.17. The van der Waals surface area contributed by atoms with Crippen LogP contribution in [0.1, 0.15) is 34.5 Å². The van der Waals surface area contributed by atoms with Gasteiger partial charge in [0.25, 0.3) is 0 Å². The van der Waals surface area contributed by atoms with E-state index in [1.807, 2.05) is 23.9 Å². The van der Waals surface area contributed by atoms with Gasteiger partial charge in [-0.25, -0.2) is 9.78 Å². The molecule has 0 aliphatic heterocycles. The molecule has 0 spiro atoms. The van der Waals surface area contributed by atoms with Crippen molar-refractivity contribution in [2.45, 2.75) is 17.7 Å². The van der Waals surface area contributed by atoms with Crippen molar-refractivity contribution in [3.05, 3.63) is 59.4 Å². The van der Waals surface area contributed by atoms with Gasteiger partial charge < -0.3 is 4.74 Å².